The summed E-state index contributed by atoms with van der Waals surface area (Å²) >= 11 is -0.350. The molecule has 0 N–H and O–H groups in total. The van der Waals surface area contributed by atoms with Crippen LogP contribution in [0.3, 0.4) is 0 Å². The second-order valence-electron chi connectivity index (χ2n) is 1.46. The second kappa shape index (κ2) is 4.30. The molecular weight excluding hydrogens is 110 g/mol. The van der Waals surface area contributed by atoms with Gasteiger partial charge in [0.15, 0.2) is 0 Å². The maximum absolute atomic E-state index is 11.3. The predicted octanol–water partition coefficient (Wildman–Crippen LogP) is 0.775. The molecule has 0 aliphatic carbocycles. The molecule has 7 heavy (non-hydrogen) atoms. The molecule has 0 amide bonds. The quantitative estimate of drug-likeness (QED) is 0.395. The van der Waals surface area contributed by atoms with E-state index in [2.05, 4.69) is 0 Å². The molecule has 40 valence electrons. The van der Waals surface area contributed by atoms with E-state index in [1.54, 1.807) is 0 Å². The van der Waals surface area contributed by atoms with Gasteiger partial charge in [-0.1, -0.05) is 12.2 Å². The Balaban J connectivity index is 2.82. The molecule has 0 heterocycles. The molecule has 0 aliphatic rings. The Labute approximate surface area is 48.6 Å². The molecule has 1 nitrogen and oxygen atoms in total. The first kappa shape index (κ1) is 7.13. The average molecular weight is 118 g/mol. The second-order valence-corrected chi connectivity index (χ2v) is 3.67. The van der Waals surface area contributed by atoms with Crippen molar-refractivity contribution in [2.24, 2.45) is 0 Å². The van der Waals surface area contributed by atoms with Crippen molar-refractivity contribution in [3.8, 4) is 0 Å². The third-order valence-electron chi connectivity index (χ3n) is 0.727. The SMILES string of the molecule is C[CH2][AlH][CH2]C(=O)F. The van der Waals surface area contributed by atoms with Gasteiger partial charge in [0, 0.05) is 0 Å². The summed E-state index contributed by atoms with van der Waals surface area (Å²) in [7, 11) is 0. The third kappa shape index (κ3) is 6.13. The summed E-state index contributed by atoms with van der Waals surface area (Å²) < 4.78 is 11.3. The smallest absolute Gasteiger partial charge is 0.263 e. The summed E-state index contributed by atoms with van der Waals surface area (Å²) in [5.74, 6) is 0. The van der Waals surface area contributed by atoms with Crippen LogP contribution in [-0.2, 0) is 4.79 Å². The summed E-state index contributed by atoms with van der Waals surface area (Å²) in [5.41, 5.74) is 0. The van der Waals surface area contributed by atoms with Gasteiger partial charge in [-0.3, -0.25) is 4.79 Å². The normalized spacial score (nSPS) is 8.29. The van der Waals surface area contributed by atoms with Crippen molar-refractivity contribution in [3.63, 3.8) is 0 Å². The van der Waals surface area contributed by atoms with E-state index in [0.717, 1.165) is 5.28 Å². The van der Waals surface area contributed by atoms with Gasteiger partial charge in [-0.25, -0.2) is 0 Å². The van der Waals surface area contributed by atoms with Crippen LogP contribution in [0.15, 0.2) is 0 Å². The lowest BCUT2D eigenvalue weighted by Gasteiger charge is -1.78. The number of carbonyl (C=O) groups is 1. The number of hydrogen-bond donors (Lipinski definition) is 0. The molecule has 0 atom stereocenters. The van der Waals surface area contributed by atoms with Crippen LogP contribution in [0.4, 0.5) is 4.39 Å². The molecular formula is C4H8AlFO. The minimum Gasteiger partial charge on any atom is -0.263 e. The van der Waals surface area contributed by atoms with Crippen molar-refractivity contribution >= 4 is 21.3 Å². The van der Waals surface area contributed by atoms with Crippen LogP contribution < -0.4 is 0 Å². The zero-order valence-corrected chi connectivity index (χ0v) is 5.82. The van der Waals surface area contributed by atoms with E-state index in [0.29, 0.717) is 0 Å². The van der Waals surface area contributed by atoms with Crippen molar-refractivity contribution < 1.29 is 9.18 Å². The maximum atomic E-state index is 11.3. The summed E-state index contributed by atoms with van der Waals surface area (Å²) in [6, 6.07) is -1.13. The highest BCUT2D eigenvalue weighted by atomic mass is 27.1. The Morgan fingerprint density at radius 1 is 1.86 bits per heavy atom. The summed E-state index contributed by atoms with van der Waals surface area (Å²) in [4.78, 5) is 9.57. The van der Waals surface area contributed by atoms with E-state index < -0.39 is 6.04 Å². The molecule has 0 spiro atoms. The zero-order chi connectivity index (χ0) is 5.70. The standard InChI is InChI=1S/C2H2FO.C2H5.Al.H/c1-2(3)4;1-2;;/h1H2;1H2,2H3;;. The maximum Gasteiger partial charge on any atom is 0.288 e. The first-order valence-corrected chi connectivity index (χ1v) is 4.45. The predicted molar refractivity (Wildman–Crippen MR) is 28.6 cm³/mol. The molecule has 0 saturated heterocycles. The largest absolute Gasteiger partial charge is 0.288 e. The molecule has 0 aliphatic heterocycles. The van der Waals surface area contributed by atoms with Gasteiger partial charge in [-0.15, -0.1) is 0 Å². The minimum atomic E-state index is -1.13. The zero-order valence-electron chi connectivity index (χ0n) is 4.41. The molecule has 0 aromatic carbocycles. The van der Waals surface area contributed by atoms with Gasteiger partial charge in [-0.2, -0.15) is 4.39 Å². The monoisotopic (exact) mass is 118 g/mol. The van der Waals surface area contributed by atoms with Gasteiger partial charge in [0.05, 0.1) is 0 Å². The Bertz CT molecular complexity index is 64.7. The van der Waals surface area contributed by atoms with Gasteiger partial charge in [0.25, 0.3) is 21.3 Å². The van der Waals surface area contributed by atoms with Crippen molar-refractivity contribution in [1.82, 2.24) is 0 Å². The molecule has 0 unspecified atom stereocenters. The molecule has 0 saturated carbocycles. The number of hydrogen-bond acceptors (Lipinski definition) is 1. The van der Waals surface area contributed by atoms with Crippen LogP contribution in [0.5, 0.6) is 0 Å². The van der Waals surface area contributed by atoms with Gasteiger partial charge in [0.2, 0.25) is 0 Å². The van der Waals surface area contributed by atoms with Gasteiger partial charge in [-0.05, 0) is 5.28 Å². The fourth-order valence-corrected chi connectivity index (χ4v) is 0.947. The number of carbonyl (C=O) groups excluding carboxylic acids is 1. The van der Waals surface area contributed by atoms with Crippen molar-refractivity contribution in [2.75, 3.05) is 0 Å². The van der Waals surface area contributed by atoms with E-state index in [-0.39, 0.29) is 20.5 Å². The van der Waals surface area contributed by atoms with E-state index in [1.165, 1.54) is 0 Å². The highest BCUT2D eigenvalue weighted by Crippen LogP contribution is 1.85. The molecule has 3 heteroatoms. The molecule has 0 bridgehead atoms. The van der Waals surface area contributed by atoms with Gasteiger partial charge < -0.3 is 0 Å². The van der Waals surface area contributed by atoms with Gasteiger partial charge in [0.1, 0.15) is 0 Å². The first-order chi connectivity index (χ1) is 3.27. The molecule has 0 aromatic heterocycles. The lowest BCUT2D eigenvalue weighted by atomic mass is 10.9. The highest BCUT2D eigenvalue weighted by Gasteiger charge is 1.96. The first-order valence-electron chi connectivity index (χ1n) is 2.45. The van der Waals surface area contributed by atoms with Crippen LogP contribution in [-0.4, -0.2) is 21.3 Å². The average Bonchev–Trinajstić information content (AvgIpc) is 1.61. The van der Waals surface area contributed by atoms with Crippen LogP contribution in [0.2, 0.25) is 10.6 Å². The fourth-order valence-electron chi connectivity index (χ4n) is 0.316. The van der Waals surface area contributed by atoms with Crippen molar-refractivity contribution in [1.29, 1.82) is 0 Å². The van der Waals surface area contributed by atoms with E-state index in [1.807, 2.05) is 6.92 Å². The Morgan fingerprint density at radius 3 is 2.57 bits per heavy atom. The Kier molecular flexibility index (Phi) is 4.38. The molecule has 0 rings (SSSR count). The summed E-state index contributed by atoms with van der Waals surface area (Å²) in [6.45, 7) is 1.98. The lowest BCUT2D eigenvalue weighted by Crippen LogP contribution is -1.92. The minimum absolute atomic E-state index is 0.233. The Morgan fingerprint density at radius 2 is 2.43 bits per heavy atom. The van der Waals surface area contributed by atoms with E-state index in [4.69, 9.17) is 0 Å². The van der Waals surface area contributed by atoms with Crippen LogP contribution in [0, 0.1) is 0 Å². The molecule has 0 fully saturated rings. The molecule has 0 radical (unpaired) electrons. The Hall–Kier alpha value is 0.132. The lowest BCUT2D eigenvalue weighted by molar-refractivity contribution is -0.126. The fraction of sp³-hybridized carbons (Fsp3) is 0.750. The van der Waals surface area contributed by atoms with Crippen molar-refractivity contribution in [2.45, 2.75) is 17.5 Å². The highest BCUT2D eigenvalue weighted by molar-refractivity contribution is 6.40. The molecule has 0 aromatic rings. The summed E-state index contributed by atoms with van der Waals surface area (Å²) in [5, 5.41) is 1.26. The van der Waals surface area contributed by atoms with Crippen LogP contribution >= 0.6 is 0 Å². The number of halogens is 1. The van der Waals surface area contributed by atoms with Crippen LogP contribution in [0.25, 0.3) is 0 Å². The third-order valence-corrected chi connectivity index (χ3v) is 2.18. The van der Waals surface area contributed by atoms with Crippen LogP contribution in [0.1, 0.15) is 6.92 Å². The van der Waals surface area contributed by atoms with Crippen molar-refractivity contribution in [3.05, 3.63) is 0 Å². The topological polar surface area (TPSA) is 17.1 Å². The van der Waals surface area contributed by atoms with Gasteiger partial charge >= 0.3 is 0 Å². The van der Waals surface area contributed by atoms with E-state index in [9.17, 15) is 9.18 Å². The number of rotatable bonds is 3. The summed E-state index contributed by atoms with van der Waals surface area (Å²) in [6.07, 6.45) is 0. The van der Waals surface area contributed by atoms with E-state index >= 15 is 0 Å².